The molecule has 0 aliphatic heterocycles. The molecular weight excluding hydrogens is 290 g/mol. The summed E-state index contributed by atoms with van der Waals surface area (Å²) in [5.74, 6) is 3.00. The van der Waals surface area contributed by atoms with E-state index in [-0.39, 0.29) is 0 Å². The van der Waals surface area contributed by atoms with Crippen molar-refractivity contribution < 1.29 is 9.26 Å². The van der Waals surface area contributed by atoms with E-state index in [1.807, 2.05) is 31.2 Å². The number of aromatic nitrogens is 3. The molecule has 5 nitrogen and oxygen atoms in total. The number of alkyl halides is 1. The van der Waals surface area contributed by atoms with Crippen molar-refractivity contribution in [3.8, 4) is 5.75 Å². The van der Waals surface area contributed by atoms with Crippen molar-refractivity contribution >= 4 is 22.6 Å². The van der Waals surface area contributed by atoms with Crippen LogP contribution in [0.15, 0.2) is 28.8 Å². The van der Waals surface area contributed by atoms with Crippen molar-refractivity contribution in [1.29, 1.82) is 0 Å². The average molecular weight is 306 g/mol. The zero-order valence-corrected chi connectivity index (χ0v) is 12.7. The topological polar surface area (TPSA) is 53.1 Å². The van der Waals surface area contributed by atoms with Crippen LogP contribution in [-0.2, 0) is 13.0 Å². The van der Waals surface area contributed by atoms with Gasteiger partial charge in [0.2, 0.25) is 0 Å². The van der Waals surface area contributed by atoms with E-state index in [4.69, 9.17) is 20.9 Å². The van der Waals surface area contributed by atoms with Gasteiger partial charge in [0.05, 0.1) is 19.2 Å². The summed E-state index contributed by atoms with van der Waals surface area (Å²) < 4.78 is 12.6. The van der Waals surface area contributed by atoms with E-state index in [1.54, 1.807) is 7.11 Å². The van der Waals surface area contributed by atoms with Gasteiger partial charge in [-0.1, -0.05) is 11.2 Å². The third-order valence-corrected chi connectivity index (χ3v) is 3.54. The van der Waals surface area contributed by atoms with Crippen LogP contribution in [0.3, 0.4) is 0 Å². The van der Waals surface area contributed by atoms with E-state index >= 15 is 0 Å². The lowest BCUT2D eigenvalue weighted by atomic mass is 10.3. The number of fused-ring (bicyclic) bond motifs is 1. The molecule has 0 aliphatic rings. The fourth-order valence-corrected chi connectivity index (χ4v) is 2.61. The standard InChI is InChI=1S/C15H16ClN3O2/c1-10-8-11(18-21-10)9-19-12-4-3-5-13(20-2)15(12)17-14(19)6-7-16/h3-5,8H,6-7,9H2,1-2H3. The first kappa shape index (κ1) is 13.9. The molecule has 6 heteroatoms. The highest BCUT2D eigenvalue weighted by atomic mass is 35.5. The van der Waals surface area contributed by atoms with Gasteiger partial charge in [-0.2, -0.15) is 0 Å². The van der Waals surface area contributed by atoms with Crippen LogP contribution in [0.5, 0.6) is 5.75 Å². The Morgan fingerprint density at radius 2 is 2.24 bits per heavy atom. The molecule has 0 saturated heterocycles. The summed E-state index contributed by atoms with van der Waals surface area (Å²) in [6.07, 6.45) is 0.691. The molecule has 0 saturated carbocycles. The molecule has 0 fully saturated rings. The zero-order valence-electron chi connectivity index (χ0n) is 12.0. The van der Waals surface area contributed by atoms with Gasteiger partial charge >= 0.3 is 0 Å². The summed E-state index contributed by atoms with van der Waals surface area (Å²) >= 11 is 5.90. The number of hydrogen-bond donors (Lipinski definition) is 0. The molecule has 2 heterocycles. The van der Waals surface area contributed by atoms with Crippen LogP contribution >= 0.6 is 11.6 Å². The van der Waals surface area contributed by atoms with E-state index in [0.717, 1.165) is 34.1 Å². The van der Waals surface area contributed by atoms with Gasteiger partial charge < -0.3 is 13.8 Å². The fraction of sp³-hybridized carbons (Fsp3) is 0.333. The summed E-state index contributed by atoms with van der Waals surface area (Å²) in [5.41, 5.74) is 2.72. The number of rotatable bonds is 5. The van der Waals surface area contributed by atoms with Gasteiger partial charge in [0.25, 0.3) is 0 Å². The first-order chi connectivity index (χ1) is 10.2. The Balaban J connectivity index is 2.11. The highest BCUT2D eigenvalue weighted by Crippen LogP contribution is 2.26. The van der Waals surface area contributed by atoms with Crippen molar-refractivity contribution in [2.45, 2.75) is 19.9 Å². The number of benzene rings is 1. The SMILES string of the molecule is COc1cccc2c1nc(CCCl)n2Cc1cc(C)on1. The van der Waals surface area contributed by atoms with Crippen LogP contribution < -0.4 is 4.74 Å². The third-order valence-electron chi connectivity index (χ3n) is 3.36. The Bertz CT molecular complexity index is 763. The second-order valence-corrected chi connectivity index (χ2v) is 5.19. The Kier molecular flexibility index (Phi) is 3.84. The summed E-state index contributed by atoms with van der Waals surface area (Å²) in [5, 5.41) is 4.05. The van der Waals surface area contributed by atoms with E-state index in [1.165, 1.54) is 0 Å². The van der Waals surface area contributed by atoms with Crippen molar-refractivity contribution in [2.24, 2.45) is 0 Å². The molecule has 3 rings (SSSR count). The molecule has 0 atom stereocenters. The Morgan fingerprint density at radius 3 is 2.90 bits per heavy atom. The van der Waals surface area contributed by atoms with Gasteiger partial charge in [0.1, 0.15) is 28.5 Å². The molecule has 0 spiro atoms. The highest BCUT2D eigenvalue weighted by Gasteiger charge is 2.15. The second-order valence-electron chi connectivity index (χ2n) is 4.81. The number of halogens is 1. The molecule has 21 heavy (non-hydrogen) atoms. The second kappa shape index (κ2) is 5.77. The Morgan fingerprint density at radius 1 is 1.38 bits per heavy atom. The molecule has 0 unspecified atom stereocenters. The number of nitrogens with zero attached hydrogens (tertiary/aromatic N) is 3. The van der Waals surface area contributed by atoms with Crippen molar-refractivity contribution in [3.63, 3.8) is 0 Å². The minimum absolute atomic E-state index is 0.517. The van der Waals surface area contributed by atoms with Gasteiger partial charge in [-0.25, -0.2) is 4.98 Å². The Hall–Kier alpha value is -2.01. The maximum atomic E-state index is 5.90. The number of para-hydroxylation sites is 1. The first-order valence-corrected chi connectivity index (χ1v) is 7.26. The molecule has 110 valence electrons. The molecule has 0 N–H and O–H groups in total. The largest absolute Gasteiger partial charge is 0.494 e. The summed E-state index contributed by atoms with van der Waals surface area (Å²) in [6, 6.07) is 7.81. The smallest absolute Gasteiger partial charge is 0.146 e. The molecule has 2 aromatic heterocycles. The van der Waals surface area contributed by atoms with Crippen LogP contribution in [-0.4, -0.2) is 27.7 Å². The third kappa shape index (κ3) is 2.61. The van der Waals surface area contributed by atoms with Gasteiger partial charge in [-0.15, -0.1) is 11.6 Å². The maximum absolute atomic E-state index is 5.90. The predicted molar refractivity (Wildman–Crippen MR) is 81.1 cm³/mol. The number of methoxy groups -OCH3 is 1. The predicted octanol–water partition coefficient (Wildman–Crippen LogP) is 3.17. The van der Waals surface area contributed by atoms with Gasteiger partial charge in [-0.05, 0) is 19.1 Å². The molecule has 3 aromatic rings. The monoisotopic (exact) mass is 305 g/mol. The molecule has 0 amide bonds. The van der Waals surface area contributed by atoms with E-state index in [0.29, 0.717) is 18.8 Å². The van der Waals surface area contributed by atoms with Gasteiger partial charge in [0, 0.05) is 18.4 Å². The maximum Gasteiger partial charge on any atom is 0.146 e. The van der Waals surface area contributed by atoms with Crippen LogP contribution in [0, 0.1) is 6.92 Å². The zero-order chi connectivity index (χ0) is 14.8. The number of hydrogen-bond acceptors (Lipinski definition) is 4. The lowest BCUT2D eigenvalue weighted by molar-refractivity contribution is 0.389. The summed E-state index contributed by atoms with van der Waals surface area (Å²) in [4.78, 5) is 4.67. The molecule has 0 radical (unpaired) electrons. The van der Waals surface area contributed by atoms with Crippen LogP contribution in [0.4, 0.5) is 0 Å². The minimum atomic E-state index is 0.517. The van der Waals surface area contributed by atoms with Crippen LogP contribution in [0.1, 0.15) is 17.3 Å². The van der Waals surface area contributed by atoms with E-state index in [2.05, 4.69) is 14.7 Å². The van der Waals surface area contributed by atoms with Crippen molar-refractivity contribution in [3.05, 3.63) is 41.5 Å². The first-order valence-electron chi connectivity index (χ1n) is 6.73. The van der Waals surface area contributed by atoms with E-state index in [9.17, 15) is 0 Å². The van der Waals surface area contributed by atoms with E-state index < -0.39 is 0 Å². The van der Waals surface area contributed by atoms with Gasteiger partial charge in [0.15, 0.2) is 0 Å². The fourth-order valence-electron chi connectivity index (χ4n) is 2.44. The van der Waals surface area contributed by atoms with Crippen LogP contribution in [0.25, 0.3) is 11.0 Å². The lowest BCUT2D eigenvalue weighted by Crippen LogP contribution is -2.06. The summed E-state index contributed by atoms with van der Waals surface area (Å²) in [6.45, 7) is 2.48. The normalized spacial score (nSPS) is 11.2. The lowest BCUT2D eigenvalue weighted by Gasteiger charge is -2.06. The molecule has 0 aliphatic carbocycles. The Labute approximate surface area is 127 Å². The minimum Gasteiger partial charge on any atom is -0.494 e. The summed E-state index contributed by atoms with van der Waals surface area (Å²) in [7, 11) is 1.65. The number of aryl methyl sites for hydroxylation is 2. The van der Waals surface area contributed by atoms with Gasteiger partial charge in [-0.3, -0.25) is 0 Å². The van der Waals surface area contributed by atoms with Crippen molar-refractivity contribution in [1.82, 2.24) is 14.7 Å². The van der Waals surface area contributed by atoms with Crippen molar-refractivity contribution in [2.75, 3.05) is 13.0 Å². The molecular formula is C15H16ClN3O2. The number of ether oxygens (including phenoxy) is 1. The number of imidazole rings is 1. The average Bonchev–Trinajstić information content (AvgIpc) is 3.04. The highest BCUT2D eigenvalue weighted by molar-refractivity contribution is 6.17. The molecule has 1 aromatic carbocycles. The van der Waals surface area contributed by atoms with Crippen LogP contribution in [0.2, 0.25) is 0 Å². The quantitative estimate of drug-likeness (QED) is 0.679. The molecule has 0 bridgehead atoms.